The van der Waals surface area contributed by atoms with Crippen LogP contribution in [0.1, 0.15) is 126 Å². The summed E-state index contributed by atoms with van der Waals surface area (Å²) in [5, 5.41) is 15.6. The largest absolute Gasteiger partial charge is 0.481 e. The van der Waals surface area contributed by atoms with Crippen molar-refractivity contribution in [3.8, 4) is 0 Å². The first-order valence-electron chi connectivity index (χ1n) is 15.7. The molecule has 8 nitrogen and oxygen atoms in total. The number of hydrogen-bond acceptors (Lipinski definition) is 5. The third kappa shape index (κ3) is 14.0. The van der Waals surface area contributed by atoms with E-state index < -0.39 is 34.7 Å². The average molecular weight is 579 g/mol. The Morgan fingerprint density at radius 3 is 2.15 bits per heavy atom. The van der Waals surface area contributed by atoms with Gasteiger partial charge < -0.3 is 25.2 Å². The Balaban J connectivity index is 2.34. The first kappa shape index (κ1) is 36.8. The number of carboxylic acids is 1. The van der Waals surface area contributed by atoms with Gasteiger partial charge >= 0.3 is 5.97 Å². The molecule has 0 saturated carbocycles. The third-order valence-electron chi connectivity index (χ3n) is 7.95. The minimum Gasteiger partial charge on any atom is -0.481 e. The van der Waals surface area contributed by atoms with Crippen molar-refractivity contribution in [1.29, 1.82) is 0 Å². The van der Waals surface area contributed by atoms with Crippen LogP contribution in [0.3, 0.4) is 0 Å². The summed E-state index contributed by atoms with van der Waals surface area (Å²) < 4.78 is 11.5. The van der Waals surface area contributed by atoms with E-state index in [1.165, 1.54) is 25.7 Å². The molecule has 2 amide bonds. The van der Waals surface area contributed by atoms with Gasteiger partial charge in [0.25, 0.3) is 0 Å². The maximum absolute atomic E-state index is 13.0. The van der Waals surface area contributed by atoms with E-state index in [9.17, 15) is 19.5 Å². The van der Waals surface area contributed by atoms with Crippen molar-refractivity contribution in [3.05, 3.63) is 24.3 Å². The van der Waals surface area contributed by atoms with Crippen LogP contribution >= 0.6 is 0 Å². The van der Waals surface area contributed by atoms with Gasteiger partial charge in [-0.15, -0.1) is 0 Å². The van der Waals surface area contributed by atoms with Crippen molar-refractivity contribution in [2.75, 3.05) is 13.2 Å². The van der Waals surface area contributed by atoms with Gasteiger partial charge in [-0.1, -0.05) is 77.2 Å². The predicted molar refractivity (Wildman–Crippen MR) is 164 cm³/mol. The standard InChI is InChI=1S/C33H58N2O6/c1-8-9-10-11-12-13-14-15-16-17-18-19-20-21-22-23-27(36)35-26(2)33(7,30(38)39)24-34-29(37)28-31(3,4)25-40-32(5,6)41-28/h12-13,15-16,26,28H,8-11,14,17-25H2,1-7H3,(H,34,37)(H,35,36)(H,38,39)/b13-12-,16-15-. The quantitative estimate of drug-likeness (QED) is 0.110. The highest BCUT2D eigenvalue weighted by atomic mass is 16.7. The van der Waals surface area contributed by atoms with Crippen molar-refractivity contribution in [1.82, 2.24) is 10.6 Å². The van der Waals surface area contributed by atoms with Crippen LogP contribution in [0.4, 0.5) is 0 Å². The van der Waals surface area contributed by atoms with Gasteiger partial charge in [-0.05, 0) is 66.2 Å². The third-order valence-corrected chi connectivity index (χ3v) is 7.95. The second-order valence-electron chi connectivity index (χ2n) is 12.9. The zero-order valence-electron chi connectivity index (χ0n) is 26.9. The Morgan fingerprint density at radius 2 is 1.54 bits per heavy atom. The van der Waals surface area contributed by atoms with Crippen LogP contribution in [-0.4, -0.2) is 54.0 Å². The molecule has 1 heterocycles. The van der Waals surface area contributed by atoms with Crippen LogP contribution in [0, 0.1) is 10.8 Å². The minimum atomic E-state index is -1.38. The maximum atomic E-state index is 13.0. The van der Waals surface area contributed by atoms with Gasteiger partial charge in [-0.25, -0.2) is 0 Å². The van der Waals surface area contributed by atoms with Crippen LogP contribution in [0.5, 0.6) is 0 Å². The number of carboxylic acid groups (broad SMARTS) is 1. The average Bonchev–Trinajstić information content (AvgIpc) is 2.90. The van der Waals surface area contributed by atoms with E-state index in [1.54, 1.807) is 27.7 Å². The van der Waals surface area contributed by atoms with Gasteiger partial charge in [0.1, 0.15) is 11.5 Å². The fraction of sp³-hybridized carbons (Fsp3) is 0.788. The lowest BCUT2D eigenvalue weighted by atomic mass is 9.81. The molecule has 3 N–H and O–H groups in total. The summed E-state index contributed by atoms with van der Waals surface area (Å²) in [5.41, 5.74) is -1.95. The Labute approximate surface area is 249 Å². The molecule has 0 spiro atoms. The summed E-state index contributed by atoms with van der Waals surface area (Å²) in [4.78, 5) is 37.8. The highest BCUT2D eigenvalue weighted by molar-refractivity contribution is 5.84. The van der Waals surface area contributed by atoms with Gasteiger partial charge in [-0.3, -0.25) is 14.4 Å². The fourth-order valence-electron chi connectivity index (χ4n) is 4.67. The van der Waals surface area contributed by atoms with Crippen molar-refractivity contribution >= 4 is 17.8 Å². The van der Waals surface area contributed by atoms with Gasteiger partial charge in [0.05, 0.1) is 6.61 Å². The molecule has 0 aromatic heterocycles. The second kappa shape index (κ2) is 18.4. The molecule has 3 atom stereocenters. The van der Waals surface area contributed by atoms with E-state index in [2.05, 4.69) is 41.9 Å². The van der Waals surface area contributed by atoms with E-state index in [0.717, 1.165) is 44.9 Å². The molecule has 1 fully saturated rings. The highest BCUT2D eigenvalue weighted by Gasteiger charge is 2.47. The lowest BCUT2D eigenvalue weighted by molar-refractivity contribution is -0.304. The molecule has 41 heavy (non-hydrogen) atoms. The smallest absolute Gasteiger partial charge is 0.313 e. The molecule has 1 saturated heterocycles. The Kier molecular flexibility index (Phi) is 16.5. The van der Waals surface area contributed by atoms with Gasteiger partial charge in [-0.2, -0.15) is 0 Å². The zero-order chi connectivity index (χ0) is 30.9. The number of allylic oxidation sites excluding steroid dienone is 4. The van der Waals surface area contributed by atoms with E-state index in [0.29, 0.717) is 13.0 Å². The Bertz CT molecular complexity index is 866. The van der Waals surface area contributed by atoms with Gasteiger partial charge in [0.2, 0.25) is 11.8 Å². The molecular formula is C33H58N2O6. The summed E-state index contributed by atoms with van der Waals surface area (Å²) in [6.45, 7) is 12.9. The van der Waals surface area contributed by atoms with Crippen LogP contribution in [0.15, 0.2) is 24.3 Å². The number of aliphatic carboxylic acids is 1. The first-order valence-corrected chi connectivity index (χ1v) is 15.7. The van der Waals surface area contributed by atoms with E-state index in [-0.39, 0.29) is 18.4 Å². The molecule has 0 aliphatic carbocycles. The van der Waals surface area contributed by atoms with Crippen LogP contribution in [0.2, 0.25) is 0 Å². The lowest BCUT2D eigenvalue weighted by Gasteiger charge is -2.45. The van der Waals surface area contributed by atoms with Crippen LogP contribution < -0.4 is 10.6 Å². The topological polar surface area (TPSA) is 114 Å². The first-order chi connectivity index (χ1) is 19.2. The number of rotatable bonds is 20. The molecule has 0 aromatic rings. The number of hydrogen-bond donors (Lipinski definition) is 3. The molecule has 8 heteroatoms. The molecular weight excluding hydrogens is 520 g/mol. The number of nitrogens with one attached hydrogen (secondary N) is 2. The maximum Gasteiger partial charge on any atom is 0.313 e. The molecule has 0 bridgehead atoms. The summed E-state index contributed by atoms with van der Waals surface area (Å²) in [6, 6.07) is -0.675. The van der Waals surface area contributed by atoms with Crippen LogP contribution in [-0.2, 0) is 23.9 Å². The Hall–Kier alpha value is -2.19. The SMILES string of the molecule is CCCCC/C=C\C/C=C\CCCCCCCC(=O)NC(C)C(C)(CNC(=O)C1OC(C)(C)OCC1(C)C)C(=O)O. The van der Waals surface area contributed by atoms with Gasteiger partial charge in [0, 0.05) is 24.4 Å². The molecule has 1 aliphatic rings. The van der Waals surface area contributed by atoms with Crippen molar-refractivity contribution < 1.29 is 29.0 Å². The number of carbonyl (C=O) groups is 3. The molecule has 0 radical (unpaired) electrons. The Morgan fingerprint density at radius 1 is 0.951 bits per heavy atom. The fourth-order valence-corrected chi connectivity index (χ4v) is 4.67. The predicted octanol–water partition coefficient (Wildman–Crippen LogP) is 6.69. The monoisotopic (exact) mass is 578 g/mol. The lowest BCUT2D eigenvalue weighted by Crippen LogP contribution is -2.59. The number of unbranched alkanes of at least 4 members (excludes halogenated alkanes) is 8. The zero-order valence-corrected chi connectivity index (χ0v) is 26.9. The van der Waals surface area contributed by atoms with E-state index in [1.807, 2.05) is 13.8 Å². The summed E-state index contributed by atoms with van der Waals surface area (Å²) in [6.07, 6.45) is 20.8. The molecule has 236 valence electrons. The highest BCUT2D eigenvalue weighted by Crippen LogP contribution is 2.35. The van der Waals surface area contributed by atoms with Gasteiger partial charge in [0.15, 0.2) is 5.79 Å². The van der Waals surface area contributed by atoms with E-state index in [4.69, 9.17) is 9.47 Å². The molecule has 1 aliphatic heterocycles. The minimum absolute atomic E-state index is 0.135. The second-order valence-corrected chi connectivity index (χ2v) is 12.9. The summed E-state index contributed by atoms with van der Waals surface area (Å²) in [5.74, 6) is -2.55. The normalized spacial score (nSPS) is 20.5. The number of amides is 2. The van der Waals surface area contributed by atoms with Crippen molar-refractivity contribution in [2.45, 2.75) is 143 Å². The molecule has 0 aromatic carbocycles. The molecule has 1 rings (SSSR count). The number of ether oxygens (including phenoxy) is 2. The summed E-state index contributed by atoms with van der Waals surface area (Å²) in [7, 11) is 0. The van der Waals surface area contributed by atoms with Crippen LogP contribution in [0.25, 0.3) is 0 Å². The van der Waals surface area contributed by atoms with E-state index >= 15 is 0 Å². The van der Waals surface area contributed by atoms with Crippen molar-refractivity contribution in [2.24, 2.45) is 10.8 Å². The summed E-state index contributed by atoms with van der Waals surface area (Å²) >= 11 is 0. The molecule has 3 unspecified atom stereocenters. The van der Waals surface area contributed by atoms with Crippen molar-refractivity contribution in [3.63, 3.8) is 0 Å². The number of carbonyl (C=O) groups excluding carboxylic acids is 2.